The summed E-state index contributed by atoms with van der Waals surface area (Å²) in [6.07, 6.45) is -2.61. The molecule has 4 heteroatoms. The summed E-state index contributed by atoms with van der Waals surface area (Å²) in [6, 6.07) is 2.78. The minimum Gasteiger partial charge on any atom is -0.294 e. The summed E-state index contributed by atoms with van der Waals surface area (Å²) in [5, 5.41) is 0. The highest BCUT2D eigenvalue weighted by atomic mass is 79.9. The van der Waals surface area contributed by atoms with Crippen molar-refractivity contribution in [1.29, 1.82) is 0 Å². The summed E-state index contributed by atoms with van der Waals surface area (Å²) in [4.78, 5) is 11.1. The first-order valence-electron chi connectivity index (χ1n) is 4.02. The topological polar surface area (TPSA) is 17.1 Å². The zero-order chi connectivity index (χ0) is 10.9. The number of ketones is 1. The zero-order valence-corrected chi connectivity index (χ0v) is 9.36. The molecule has 14 heavy (non-hydrogen) atoms. The molecule has 1 rings (SSSR count). The minimum absolute atomic E-state index is 0.0810. The fraction of sp³-hybridized carbons (Fsp3) is 0.300. The highest BCUT2D eigenvalue weighted by Crippen LogP contribution is 2.28. The van der Waals surface area contributed by atoms with E-state index in [1.54, 1.807) is 6.92 Å². The van der Waals surface area contributed by atoms with Crippen LogP contribution in [0.1, 0.15) is 34.8 Å². The molecule has 0 saturated carbocycles. The van der Waals surface area contributed by atoms with E-state index in [0.717, 1.165) is 0 Å². The van der Waals surface area contributed by atoms with Gasteiger partial charge in [-0.15, -0.1) is 0 Å². The molecule has 0 N–H and O–H groups in total. The van der Waals surface area contributed by atoms with Crippen LogP contribution in [0.25, 0.3) is 0 Å². The van der Waals surface area contributed by atoms with Crippen LogP contribution in [0.3, 0.4) is 0 Å². The fourth-order valence-electron chi connectivity index (χ4n) is 1.19. The first-order valence-corrected chi connectivity index (χ1v) is 4.82. The standard InChI is InChI=1S/C10H9BrF2O/c1-5-3-8(10(12)13)7(6(2)14)4-9(5)11/h3-4,10H,1-2H3. The maximum Gasteiger partial charge on any atom is 0.264 e. The number of rotatable bonds is 2. The highest BCUT2D eigenvalue weighted by Gasteiger charge is 2.17. The second-order valence-corrected chi connectivity index (χ2v) is 3.90. The largest absolute Gasteiger partial charge is 0.294 e. The van der Waals surface area contributed by atoms with Crippen LogP contribution in [0.2, 0.25) is 0 Å². The summed E-state index contributed by atoms with van der Waals surface area (Å²) in [5.41, 5.74) is 0.584. The molecule has 0 bridgehead atoms. The molecule has 0 spiro atoms. The second kappa shape index (κ2) is 4.17. The number of alkyl halides is 2. The van der Waals surface area contributed by atoms with Crippen LogP contribution in [-0.2, 0) is 0 Å². The van der Waals surface area contributed by atoms with Gasteiger partial charge in [0.05, 0.1) is 0 Å². The molecule has 1 aromatic rings. The summed E-state index contributed by atoms with van der Waals surface area (Å²) in [6.45, 7) is 2.99. The molecule has 76 valence electrons. The van der Waals surface area contributed by atoms with Gasteiger partial charge in [-0.25, -0.2) is 8.78 Å². The number of Topliss-reactive ketones (excluding diaryl/α,β-unsaturated/α-hetero) is 1. The Morgan fingerprint density at radius 3 is 2.43 bits per heavy atom. The number of benzene rings is 1. The maximum atomic E-state index is 12.5. The Labute approximate surface area is 89.3 Å². The molecule has 0 atom stereocenters. The highest BCUT2D eigenvalue weighted by molar-refractivity contribution is 9.10. The van der Waals surface area contributed by atoms with Crippen LogP contribution in [0, 0.1) is 6.92 Å². The lowest BCUT2D eigenvalue weighted by Crippen LogP contribution is -2.01. The van der Waals surface area contributed by atoms with E-state index in [1.807, 2.05) is 0 Å². The lowest BCUT2D eigenvalue weighted by atomic mass is 10.0. The Morgan fingerprint density at radius 1 is 1.43 bits per heavy atom. The Morgan fingerprint density at radius 2 is 2.00 bits per heavy atom. The molecular formula is C10H9BrF2O. The molecule has 0 fully saturated rings. The van der Waals surface area contributed by atoms with E-state index in [9.17, 15) is 13.6 Å². The summed E-state index contributed by atoms with van der Waals surface area (Å²) >= 11 is 3.20. The third kappa shape index (κ3) is 2.18. The third-order valence-corrected chi connectivity index (χ3v) is 2.80. The van der Waals surface area contributed by atoms with Crippen LogP contribution < -0.4 is 0 Å². The third-order valence-electron chi connectivity index (χ3n) is 1.95. The molecule has 0 aromatic heterocycles. The average molecular weight is 263 g/mol. The number of halogens is 3. The molecular weight excluding hydrogens is 254 g/mol. The van der Waals surface area contributed by atoms with Crippen LogP contribution in [0.4, 0.5) is 8.78 Å². The average Bonchev–Trinajstić information content (AvgIpc) is 2.08. The van der Waals surface area contributed by atoms with Crippen molar-refractivity contribution < 1.29 is 13.6 Å². The molecule has 1 nitrogen and oxygen atoms in total. The van der Waals surface area contributed by atoms with Crippen molar-refractivity contribution >= 4 is 21.7 Å². The van der Waals surface area contributed by atoms with Gasteiger partial charge in [0.2, 0.25) is 0 Å². The summed E-state index contributed by atoms with van der Waals surface area (Å²) in [5.74, 6) is -0.346. The quantitative estimate of drug-likeness (QED) is 0.739. The monoisotopic (exact) mass is 262 g/mol. The molecule has 0 heterocycles. The van der Waals surface area contributed by atoms with E-state index in [2.05, 4.69) is 15.9 Å². The number of carbonyl (C=O) groups excluding carboxylic acids is 1. The predicted octanol–water partition coefficient (Wildman–Crippen LogP) is 3.90. The SMILES string of the molecule is CC(=O)c1cc(Br)c(C)cc1C(F)F. The van der Waals surface area contributed by atoms with Gasteiger partial charge in [-0.3, -0.25) is 4.79 Å². The zero-order valence-electron chi connectivity index (χ0n) is 7.77. The minimum atomic E-state index is -2.61. The van der Waals surface area contributed by atoms with E-state index >= 15 is 0 Å². The van der Waals surface area contributed by atoms with Crippen LogP contribution in [0.15, 0.2) is 16.6 Å². The van der Waals surface area contributed by atoms with Gasteiger partial charge in [-0.2, -0.15) is 0 Å². The smallest absolute Gasteiger partial charge is 0.264 e. The molecule has 0 radical (unpaired) electrons. The molecule has 0 aliphatic rings. The van der Waals surface area contributed by atoms with Gasteiger partial charge in [0.25, 0.3) is 6.43 Å². The number of hydrogen-bond acceptors (Lipinski definition) is 1. The van der Waals surface area contributed by atoms with Gasteiger partial charge in [0.1, 0.15) is 0 Å². The Kier molecular flexibility index (Phi) is 3.37. The lowest BCUT2D eigenvalue weighted by Gasteiger charge is -2.08. The molecule has 1 aromatic carbocycles. The molecule has 0 amide bonds. The Balaban J connectivity index is 3.39. The van der Waals surface area contributed by atoms with Crippen LogP contribution in [-0.4, -0.2) is 5.78 Å². The summed E-state index contributed by atoms with van der Waals surface area (Å²) in [7, 11) is 0. The van der Waals surface area contributed by atoms with Crippen molar-refractivity contribution in [2.45, 2.75) is 20.3 Å². The predicted molar refractivity (Wildman–Crippen MR) is 53.8 cm³/mol. The molecule has 0 aliphatic heterocycles. The first kappa shape index (κ1) is 11.3. The Hall–Kier alpha value is -0.770. The van der Waals surface area contributed by atoms with Gasteiger partial charge < -0.3 is 0 Å². The molecule has 0 saturated heterocycles. The van der Waals surface area contributed by atoms with Crippen molar-refractivity contribution in [3.63, 3.8) is 0 Å². The second-order valence-electron chi connectivity index (χ2n) is 3.05. The van der Waals surface area contributed by atoms with Crippen molar-refractivity contribution in [3.8, 4) is 0 Å². The lowest BCUT2D eigenvalue weighted by molar-refractivity contribution is 0.0999. The van der Waals surface area contributed by atoms with Crippen molar-refractivity contribution in [2.75, 3.05) is 0 Å². The number of carbonyl (C=O) groups is 1. The van der Waals surface area contributed by atoms with Gasteiger partial charge in [0.15, 0.2) is 5.78 Å². The molecule has 0 aliphatic carbocycles. The van der Waals surface area contributed by atoms with Crippen molar-refractivity contribution in [1.82, 2.24) is 0 Å². The van der Waals surface area contributed by atoms with Gasteiger partial charge >= 0.3 is 0 Å². The Bertz CT molecular complexity index is 375. The van der Waals surface area contributed by atoms with Gasteiger partial charge in [-0.05, 0) is 31.5 Å². The normalized spacial score (nSPS) is 10.7. The first-order chi connectivity index (χ1) is 6.43. The van der Waals surface area contributed by atoms with E-state index in [-0.39, 0.29) is 16.9 Å². The van der Waals surface area contributed by atoms with Crippen molar-refractivity contribution in [2.24, 2.45) is 0 Å². The van der Waals surface area contributed by atoms with E-state index in [1.165, 1.54) is 19.1 Å². The van der Waals surface area contributed by atoms with Gasteiger partial charge in [-0.1, -0.05) is 15.9 Å². The van der Waals surface area contributed by atoms with Crippen LogP contribution in [0.5, 0.6) is 0 Å². The molecule has 0 unspecified atom stereocenters. The van der Waals surface area contributed by atoms with E-state index < -0.39 is 6.43 Å². The number of aryl methyl sites for hydroxylation is 1. The fourth-order valence-corrected chi connectivity index (χ4v) is 1.53. The van der Waals surface area contributed by atoms with Crippen molar-refractivity contribution in [3.05, 3.63) is 33.3 Å². The van der Waals surface area contributed by atoms with Crippen LogP contribution >= 0.6 is 15.9 Å². The van der Waals surface area contributed by atoms with E-state index in [0.29, 0.717) is 10.0 Å². The summed E-state index contributed by atoms with van der Waals surface area (Å²) < 4.78 is 25.7. The maximum absolute atomic E-state index is 12.5. The van der Waals surface area contributed by atoms with E-state index in [4.69, 9.17) is 0 Å². The number of hydrogen-bond donors (Lipinski definition) is 0. The van der Waals surface area contributed by atoms with Gasteiger partial charge in [0, 0.05) is 15.6 Å².